The van der Waals surface area contributed by atoms with E-state index in [4.69, 9.17) is 9.47 Å². The molecule has 2 aromatic carbocycles. The lowest BCUT2D eigenvalue weighted by Gasteiger charge is -2.28. The summed E-state index contributed by atoms with van der Waals surface area (Å²) in [4.78, 5) is 67.1. The number of benzene rings is 2. The van der Waals surface area contributed by atoms with Crippen LogP contribution in [0.15, 0.2) is 48.5 Å². The number of aryl methyl sites for hydroxylation is 1. The zero-order valence-electron chi connectivity index (χ0n) is 29.8. The number of amides is 5. The average molecular weight is 729 g/mol. The van der Waals surface area contributed by atoms with E-state index >= 15 is 0 Å². The van der Waals surface area contributed by atoms with E-state index in [0.29, 0.717) is 50.3 Å². The number of rotatable bonds is 6. The van der Waals surface area contributed by atoms with Crippen molar-refractivity contribution >= 4 is 41.9 Å². The fourth-order valence-corrected chi connectivity index (χ4v) is 6.09. The van der Waals surface area contributed by atoms with Crippen LogP contribution in [0.1, 0.15) is 57.1 Å². The lowest BCUT2D eigenvalue weighted by molar-refractivity contribution is -0.135. The Morgan fingerprint density at radius 2 is 1.65 bits per heavy atom. The number of ether oxygens (including phenoxy) is 2. The molecule has 0 spiro atoms. The minimum atomic E-state index is -1.02. The van der Waals surface area contributed by atoms with Gasteiger partial charge >= 0.3 is 0 Å². The summed E-state index contributed by atoms with van der Waals surface area (Å²) in [5.74, 6) is -1.54. The summed E-state index contributed by atoms with van der Waals surface area (Å²) >= 11 is 0. The standard InChI is InChI=1S/C37H52N6O7.ClH/c1-24(2)33-37(48)40-19-7-12-26-15-16-30(49-3)31(21-26)50-23-32(44)39-18-9-14-28(41-34(45)27-13-8-17-38-22-27)35(46)42-29(36(47)43-33)20-25-10-5-4-6-11-25;/h4-6,10-11,15-16,21,24,27-29,33,38H,7-9,12-14,17-20,22-23H2,1-3H3,(H,39,44)(H,40,48)(H,41,45)(H,42,46)(H,43,47);1H/t27-,28+,29+,33-;/m1./s1. The Kier molecular flexibility index (Phi) is 17.0. The number of halogens is 1. The van der Waals surface area contributed by atoms with Crippen molar-refractivity contribution in [1.82, 2.24) is 31.9 Å². The van der Waals surface area contributed by atoms with Gasteiger partial charge in [-0.25, -0.2) is 0 Å². The fraction of sp³-hybridized carbons (Fsp3) is 0.541. The molecule has 14 heteroatoms. The third kappa shape index (κ3) is 13.0. The lowest BCUT2D eigenvalue weighted by Crippen LogP contribution is -2.58. The topological polar surface area (TPSA) is 176 Å². The molecule has 0 aromatic heterocycles. The number of carbonyl (C=O) groups is 5. The van der Waals surface area contributed by atoms with Gasteiger partial charge in [0.2, 0.25) is 23.6 Å². The Bertz CT molecular complexity index is 1450. The van der Waals surface area contributed by atoms with Gasteiger partial charge in [0.05, 0.1) is 13.0 Å². The van der Waals surface area contributed by atoms with Crippen LogP contribution in [0.2, 0.25) is 0 Å². The molecular formula is C37H53ClN6O7. The van der Waals surface area contributed by atoms with Crippen LogP contribution in [-0.2, 0) is 36.8 Å². The Morgan fingerprint density at radius 3 is 2.35 bits per heavy atom. The number of carbonyl (C=O) groups excluding carboxylic acids is 5. The second-order valence-corrected chi connectivity index (χ2v) is 13.2. The first kappa shape index (κ1) is 41.1. The fourth-order valence-electron chi connectivity index (χ4n) is 6.09. The van der Waals surface area contributed by atoms with E-state index < -0.39 is 29.9 Å². The smallest absolute Gasteiger partial charge is 0.257 e. The summed E-state index contributed by atoms with van der Waals surface area (Å²) < 4.78 is 11.2. The third-order valence-electron chi connectivity index (χ3n) is 8.98. The summed E-state index contributed by atoms with van der Waals surface area (Å²) in [6, 6.07) is 12.0. The molecule has 1 fully saturated rings. The minimum absolute atomic E-state index is 0. The zero-order valence-corrected chi connectivity index (χ0v) is 30.6. The molecule has 2 aromatic rings. The summed E-state index contributed by atoms with van der Waals surface area (Å²) in [6.07, 6.45) is 3.57. The molecule has 1 saturated heterocycles. The van der Waals surface area contributed by atoms with E-state index in [1.54, 1.807) is 6.07 Å². The summed E-state index contributed by atoms with van der Waals surface area (Å²) in [7, 11) is 1.52. The molecule has 4 atom stereocenters. The number of piperidine rings is 1. The molecule has 13 nitrogen and oxygen atoms in total. The van der Waals surface area contributed by atoms with Crippen LogP contribution in [-0.4, -0.2) is 87.6 Å². The van der Waals surface area contributed by atoms with Crippen molar-refractivity contribution in [2.75, 3.05) is 39.9 Å². The maximum Gasteiger partial charge on any atom is 0.257 e. The van der Waals surface area contributed by atoms with Gasteiger partial charge in [-0.2, -0.15) is 0 Å². The van der Waals surface area contributed by atoms with Crippen LogP contribution < -0.4 is 41.4 Å². The van der Waals surface area contributed by atoms with Crippen molar-refractivity contribution in [1.29, 1.82) is 0 Å². The van der Waals surface area contributed by atoms with Crippen molar-refractivity contribution in [3.8, 4) is 11.5 Å². The largest absolute Gasteiger partial charge is 0.493 e. The van der Waals surface area contributed by atoms with Gasteiger partial charge in [0.15, 0.2) is 18.1 Å². The predicted octanol–water partition coefficient (Wildman–Crippen LogP) is 1.81. The normalized spacial score (nSPS) is 23.0. The van der Waals surface area contributed by atoms with Gasteiger partial charge in [-0.15, -0.1) is 12.4 Å². The minimum Gasteiger partial charge on any atom is -0.493 e. The van der Waals surface area contributed by atoms with Crippen LogP contribution in [0.4, 0.5) is 0 Å². The highest BCUT2D eigenvalue weighted by molar-refractivity contribution is 5.94. The summed E-state index contributed by atoms with van der Waals surface area (Å²) in [5, 5.41) is 17.7. The van der Waals surface area contributed by atoms with Crippen molar-refractivity contribution in [3.05, 3.63) is 59.7 Å². The highest BCUT2D eigenvalue weighted by Gasteiger charge is 2.32. The van der Waals surface area contributed by atoms with Gasteiger partial charge in [-0.05, 0) is 74.2 Å². The number of fused-ring (bicyclic) bond motifs is 2. The molecule has 2 aliphatic rings. The average Bonchev–Trinajstić information content (AvgIpc) is 3.12. The summed E-state index contributed by atoms with van der Waals surface area (Å²) in [5.41, 5.74) is 1.77. The van der Waals surface area contributed by atoms with E-state index in [2.05, 4.69) is 31.9 Å². The molecule has 2 aliphatic heterocycles. The second kappa shape index (κ2) is 21.1. The van der Waals surface area contributed by atoms with E-state index in [9.17, 15) is 24.0 Å². The molecule has 4 rings (SSSR count). The molecule has 6 N–H and O–H groups in total. The number of hydrogen-bond acceptors (Lipinski definition) is 8. The van der Waals surface area contributed by atoms with Gasteiger partial charge < -0.3 is 41.4 Å². The predicted molar refractivity (Wildman–Crippen MR) is 196 cm³/mol. The monoisotopic (exact) mass is 728 g/mol. The number of nitrogens with one attached hydrogen (secondary N) is 6. The molecule has 0 radical (unpaired) electrons. The highest BCUT2D eigenvalue weighted by Crippen LogP contribution is 2.28. The van der Waals surface area contributed by atoms with Crippen LogP contribution in [0, 0.1) is 11.8 Å². The first-order valence-corrected chi connectivity index (χ1v) is 17.6. The Morgan fingerprint density at radius 1 is 0.902 bits per heavy atom. The Hall–Kier alpha value is -4.36. The van der Waals surface area contributed by atoms with Gasteiger partial charge in [0.25, 0.3) is 5.91 Å². The summed E-state index contributed by atoms with van der Waals surface area (Å²) in [6.45, 7) is 5.42. The Balaban J connectivity index is 0.00000702. The van der Waals surface area contributed by atoms with Crippen LogP contribution in [0.25, 0.3) is 0 Å². The van der Waals surface area contributed by atoms with Gasteiger partial charge in [-0.1, -0.05) is 50.2 Å². The molecule has 0 saturated carbocycles. The van der Waals surface area contributed by atoms with Gasteiger partial charge in [0.1, 0.15) is 18.1 Å². The number of methoxy groups -OCH3 is 1. The zero-order chi connectivity index (χ0) is 35.9. The maximum atomic E-state index is 13.9. The van der Waals surface area contributed by atoms with E-state index in [-0.39, 0.29) is 68.0 Å². The molecule has 280 valence electrons. The second-order valence-electron chi connectivity index (χ2n) is 13.2. The van der Waals surface area contributed by atoms with Crippen molar-refractivity contribution in [2.24, 2.45) is 11.8 Å². The molecule has 5 amide bonds. The van der Waals surface area contributed by atoms with Crippen molar-refractivity contribution in [2.45, 2.75) is 76.9 Å². The number of hydrogen-bond donors (Lipinski definition) is 6. The van der Waals surface area contributed by atoms with Crippen LogP contribution in [0.3, 0.4) is 0 Å². The molecular weight excluding hydrogens is 676 g/mol. The van der Waals surface area contributed by atoms with E-state index in [0.717, 1.165) is 24.1 Å². The third-order valence-corrected chi connectivity index (χ3v) is 8.98. The maximum absolute atomic E-state index is 13.9. The first-order chi connectivity index (χ1) is 24.1. The van der Waals surface area contributed by atoms with Gasteiger partial charge in [0, 0.05) is 26.1 Å². The molecule has 2 heterocycles. The van der Waals surface area contributed by atoms with Crippen LogP contribution in [0.5, 0.6) is 11.5 Å². The van der Waals surface area contributed by atoms with E-state index in [1.807, 2.05) is 56.3 Å². The van der Waals surface area contributed by atoms with Crippen molar-refractivity contribution < 1.29 is 33.4 Å². The molecule has 0 unspecified atom stereocenters. The molecule has 51 heavy (non-hydrogen) atoms. The van der Waals surface area contributed by atoms with Crippen LogP contribution >= 0.6 is 12.4 Å². The van der Waals surface area contributed by atoms with E-state index in [1.165, 1.54) is 7.11 Å². The SMILES string of the molecule is COc1ccc2cc1OCC(=O)NCCC[C@H](NC(=O)[C@@H]1CCCNC1)C(=O)N[C@@H](Cc1ccccc1)C(=O)N[C@H](C(C)C)C(=O)NCCC2.Cl. The lowest BCUT2D eigenvalue weighted by atomic mass is 9.97. The quantitative estimate of drug-likeness (QED) is 0.261. The molecule has 0 aliphatic carbocycles. The Labute approximate surface area is 306 Å². The van der Waals surface area contributed by atoms with Crippen molar-refractivity contribution in [3.63, 3.8) is 0 Å². The van der Waals surface area contributed by atoms with Gasteiger partial charge in [-0.3, -0.25) is 24.0 Å². The molecule has 2 bridgehead atoms. The highest BCUT2D eigenvalue weighted by atomic mass is 35.5. The first-order valence-electron chi connectivity index (χ1n) is 17.6.